The standard InChI is InChI=1S/C12H17N5O3/c1-2-19-12(3-5-18-6-4-12)11-14-10(20-17-11)8-7-9(13)16-15-8/h7H,2-6H2,1H3,(H3,13,15,16). The maximum atomic E-state index is 5.90. The number of nitrogens with zero attached hydrogens (tertiary/aromatic N) is 3. The van der Waals surface area contributed by atoms with Crippen molar-refractivity contribution in [1.82, 2.24) is 20.3 Å². The van der Waals surface area contributed by atoms with E-state index in [4.69, 9.17) is 19.7 Å². The van der Waals surface area contributed by atoms with Crippen LogP contribution in [0.3, 0.4) is 0 Å². The third-order valence-electron chi connectivity index (χ3n) is 3.38. The van der Waals surface area contributed by atoms with Gasteiger partial charge in [0.2, 0.25) is 5.82 Å². The van der Waals surface area contributed by atoms with Crippen LogP contribution in [0.1, 0.15) is 25.6 Å². The molecular formula is C12H17N5O3. The quantitative estimate of drug-likeness (QED) is 0.861. The Kier molecular flexibility index (Phi) is 3.41. The van der Waals surface area contributed by atoms with Gasteiger partial charge >= 0.3 is 0 Å². The zero-order valence-corrected chi connectivity index (χ0v) is 11.3. The van der Waals surface area contributed by atoms with E-state index in [0.717, 1.165) is 0 Å². The number of anilines is 1. The number of hydrogen-bond acceptors (Lipinski definition) is 7. The summed E-state index contributed by atoms with van der Waals surface area (Å²) in [6.45, 7) is 3.79. The Hall–Kier alpha value is -1.93. The molecule has 0 atom stereocenters. The van der Waals surface area contributed by atoms with Crippen molar-refractivity contribution in [3.8, 4) is 11.6 Å². The number of hydrogen-bond donors (Lipinski definition) is 2. The van der Waals surface area contributed by atoms with E-state index in [0.29, 0.717) is 55.9 Å². The van der Waals surface area contributed by atoms with Crippen LogP contribution in [0.4, 0.5) is 5.82 Å². The van der Waals surface area contributed by atoms with Gasteiger partial charge in [0.1, 0.15) is 17.1 Å². The number of nitrogen functional groups attached to an aromatic ring is 1. The van der Waals surface area contributed by atoms with E-state index in [1.54, 1.807) is 6.07 Å². The first-order valence-electron chi connectivity index (χ1n) is 6.61. The van der Waals surface area contributed by atoms with Crippen molar-refractivity contribution in [2.24, 2.45) is 0 Å². The SMILES string of the molecule is CCOC1(c2noc(-c3cc(N)n[nH]3)n2)CCOCC1. The zero-order chi connectivity index (χ0) is 14.0. The summed E-state index contributed by atoms with van der Waals surface area (Å²) < 4.78 is 16.6. The van der Waals surface area contributed by atoms with Gasteiger partial charge in [0.05, 0.1) is 0 Å². The fourth-order valence-electron chi connectivity index (χ4n) is 2.37. The molecule has 0 aromatic carbocycles. The van der Waals surface area contributed by atoms with Gasteiger partial charge in [0, 0.05) is 38.7 Å². The van der Waals surface area contributed by atoms with Gasteiger partial charge < -0.3 is 19.7 Å². The van der Waals surface area contributed by atoms with Crippen LogP contribution in [-0.4, -0.2) is 40.2 Å². The van der Waals surface area contributed by atoms with Crippen LogP contribution in [0.15, 0.2) is 10.6 Å². The molecule has 8 heteroatoms. The minimum Gasteiger partial charge on any atom is -0.382 e. The lowest BCUT2D eigenvalue weighted by Gasteiger charge is -2.33. The van der Waals surface area contributed by atoms with Gasteiger partial charge in [-0.2, -0.15) is 10.1 Å². The van der Waals surface area contributed by atoms with E-state index in [-0.39, 0.29) is 0 Å². The van der Waals surface area contributed by atoms with E-state index in [1.807, 2.05) is 6.92 Å². The Labute approximate surface area is 115 Å². The summed E-state index contributed by atoms with van der Waals surface area (Å²) in [6, 6.07) is 1.65. The summed E-state index contributed by atoms with van der Waals surface area (Å²) in [4.78, 5) is 4.42. The van der Waals surface area contributed by atoms with Gasteiger partial charge in [0.25, 0.3) is 5.89 Å². The van der Waals surface area contributed by atoms with Crippen molar-refractivity contribution in [2.45, 2.75) is 25.4 Å². The molecule has 0 radical (unpaired) electrons. The second-order valence-electron chi connectivity index (χ2n) is 4.67. The van der Waals surface area contributed by atoms with Crippen LogP contribution in [-0.2, 0) is 15.1 Å². The highest BCUT2D eigenvalue weighted by Crippen LogP contribution is 2.35. The van der Waals surface area contributed by atoms with Gasteiger partial charge in [-0.1, -0.05) is 5.16 Å². The molecule has 3 N–H and O–H groups in total. The largest absolute Gasteiger partial charge is 0.382 e. The highest BCUT2D eigenvalue weighted by Gasteiger charge is 2.40. The van der Waals surface area contributed by atoms with Crippen LogP contribution < -0.4 is 5.73 Å². The van der Waals surface area contributed by atoms with Crippen LogP contribution >= 0.6 is 0 Å². The Morgan fingerprint density at radius 3 is 2.90 bits per heavy atom. The highest BCUT2D eigenvalue weighted by molar-refractivity contribution is 5.51. The van der Waals surface area contributed by atoms with E-state index in [1.165, 1.54) is 0 Å². The average molecular weight is 279 g/mol. The molecule has 0 amide bonds. The van der Waals surface area contributed by atoms with E-state index < -0.39 is 5.60 Å². The number of nitrogens with one attached hydrogen (secondary N) is 1. The third-order valence-corrected chi connectivity index (χ3v) is 3.38. The first-order valence-corrected chi connectivity index (χ1v) is 6.61. The summed E-state index contributed by atoms with van der Waals surface area (Å²) in [5, 5.41) is 10.6. The molecule has 2 aromatic rings. The van der Waals surface area contributed by atoms with Gasteiger partial charge in [-0.05, 0) is 6.92 Å². The molecule has 108 valence electrons. The summed E-state index contributed by atoms with van der Waals surface area (Å²) in [5.41, 5.74) is 5.64. The molecule has 20 heavy (non-hydrogen) atoms. The fourth-order valence-corrected chi connectivity index (χ4v) is 2.37. The molecule has 0 bridgehead atoms. The molecule has 1 saturated heterocycles. The minimum atomic E-state index is -0.527. The smallest absolute Gasteiger partial charge is 0.276 e. The summed E-state index contributed by atoms with van der Waals surface area (Å²) in [6.07, 6.45) is 1.43. The van der Waals surface area contributed by atoms with E-state index in [9.17, 15) is 0 Å². The molecule has 3 heterocycles. The summed E-state index contributed by atoms with van der Waals surface area (Å²) in [7, 11) is 0. The molecule has 0 saturated carbocycles. The molecule has 8 nitrogen and oxygen atoms in total. The normalized spacial score (nSPS) is 18.2. The highest BCUT2D eigenvalue weighted by atomic mass is 16.5. The van der Waals surface area contributed by atoms with Gasteiger partial charge in [-0.15, -0.1) is 0 Å². The molecule has 1 aliphatic rings. The Balaban J connectivity index is 1.90. The zero-order valence-electron chi connectivity index (χ0n) is 11.3. The van der Waals surface area contributed by atoms with Crippen molar-refractivity contribution < 1.29 is 14.0 Å². The molecule has 0 spiro atoms. The predicted octanol–water partition coefficient (Wildman–Crippen LogP) is 1.08. The number of aromatic nitrogens is 4. The first kappa shape index (κ1) is 13.1. The van der Waals surface area contributed by atoms with Crippen molar-refractivity contribution in [2.75, 3.05) is 25.6 Å². The van der Waals surface area contributed by atoms with Gasteiger partial charge in [-0.3, -0.25) is 5.10 Å². The number of H-pyrrole nitrogens is 1. The average Bonchev–Trinajstić information content (AvgIpc) is 3.09. The Morgan fingerprint density at radius 2 is 2.25 bits per heavy atom. The Bertz CT molecular complexity index is 568. The van der Waals surface area contributed by atoms with Gasteiger partial charge in [0.15, 0.2) is 0 Å². The lowest BCUT2D eigenvalue weighted by molar-refractivity contribution is -0.118. The maximum absolute atomic E-state index is 5.90. The van der Waals surface area contributed by atoms with Gasteiger partial charge in [-0.25, -0.2) is 0 Å². The van der Waals surface area contributed by atoms with Crippen LogP contribution in [0.5, 0.6) is 0 Å². The lowest BCUT2D eigenvalue weighted by Crippen LogP contribution is -2.37. The summed E-state index contributed by atoms with van der Waals surface area (Å²) >= 11 is 0. The van der Waals surface area contributed by atoms with E-state index in [2.05, 4.69) is 20.3 Å². The van der Waals surface area contributed by atoms with Crippen molar-refractivity contribution in [3.63, 3.8) is 0 Å². The van der Waals surface area contributed by atoms with Crippen LogP contribution in [0, 0.1) is 0 Å². The number of ether oxygens (including phenoxy) is 2. The summed E-state index contributed by atoms with van der Waals surface area (Å²) in [5.74, 6) is 1.28. The minimum absolute atomic E-state index is 0.356. The topological polar surface area (TPSA) is 112 Å². The first-order chi connectivity index (χ1) is 9.73. The second kappa shape index (κ2) is 5.22. The van der Waals surface area contributed by atoms with Crippen LogP contribution in [0.25, 0.3) is 11.6 Å². The molecule has 1 aliphatic heterocycles. The van der Waals surface area contributed by atoms with E-state index >= 15 is 0 Å². The molecule has 3 rings (SSSR count). The van der Waals surface area contributed by atoms with Crippen molar-refractivity contribution in [3.05, 3.63) is 11.9 Å². The predicted molar refractivity (Wildman–Crippen MR) is 69.6 cm³/mol. The second-order valence-corrected chi connectivity index (χ2v) is 4.67. The molecular weight excluding hydrogens is 262 g/mol. The van der Waals surface area contributed by atoms with Crippen molar-refractivity contribution >= 4 is 5.82 Å². The number of rotatable bonds is 4. The maximum Gasteiger partial charge on any atom is 0.276 e. The number of nitrogens with two attached hydrogens (primary N) is 1. The molecule has 1 fully saturated rings. The van der Waals surface area contributed by atoms with Crippen molar-refractivity contribution in [1.29, 1.82) is 0 Å². The lowest BCUT2D eigenvalue weighted by atomic mass is 9.93. The Morgan fingerprint density at radius 1 is 1.45 bits per heavy atom. The monoisotopic (exact) mass is 279 g/mol. The third kappa shape index (κ3) is 2.27. The van der Waals surface area contributed by atoms with Crippen LogP contribution in [0.2, 0.25) is 0 Å². The molecule has 2 aromatic heterocycles. The molecule has 0 unspecified atom stereocenters. The molecule has 0 aliphatic carbocycles. The fraction of sp³-hybridized carbons (Fsp3) is 0.583. The number of aromatic amines is 1.